The van der Waals surface area contributed by atoms with Gasteiger partial charge < -0.3 is 4.85 Å². The normalized spacial score (nSPS) is 15.5. The molecule has 0 N–H and O–H groups in total. The molecule has 1 aromatic carbocycles. The van der Waals surface area contributed by atoms with Crippen molar-refractivity contribution in [2.24, 2.45) is 5.92 Å². The second kappa shape index (κ2) is 6.95. The molecule has 23 heavy (non-hydrogen) atoms. The number of carbonyl (C=O) groups is 2. The van der Waals surface area contributed by atoms with Crippen molar-refractivity contribution in [2.45, 2.75) is 52.0 Å². The SMILES string of the molecule is [C-]#[N+]C(C)(C)CCCC(C)CCN1C(=O)c2ccccc2C1=O. The van der Waals surface area contributed by atoms with Gasteiger partial charge in [-0.05, 0) is 30.9 Å². The zero-order valence-electron chi connectivity index (χ0n) is 14.1. The van der Waals surface area contributed by atoms with Gasteiger partial charge >= 0.3 is 0 Å². The molecule has 0 aromatic heterocycles. The van der Waals surface area contributed by atoms with Gasteiger partial charge in [0, 0.05) is 26.8 Å². The van der Waals surface area contributed by atoms with Crippen LogP contribution in [0.25, 0.3) is 4.85 Å². The van der Waals surface area contributed by atoms with E-state index in [0.29, 0.717) is 23.6 Å². The number of nitrogens with zero attached hydrogens (tertiary/aromatic N) is 2. The molecular formula is C19H24N2O2. The summed E-state index contributed by atoms with van der Waals surface area (Å²) in [6.07, 6.45) is 3.71. The lowest BCUT2D eigenvalue weighted by molar-refractivity contribution is 0.0646. The number of rotatable bonds is 7. The van der Waals surface area contributed by atoms with E-state index in [1.807, 2.05) is 13.8 Å². The molecule has 0 radical (unpaired) electrons. The van der Waals surface area contributed by atoms with Crippen LogP contribution in [-0.2, 0) is 0 Å². The molecule has 122 valence electrons. The van der Waals surface area contributed by atoms with E-state index in [4.69, 9.17) is 6.57 Å². The van der Waals surface area contributed by atoms with Gasteiger partial charge in [0.2, 0.25) is 5.54 Å². The highest BCUT2D eigenvalue weighted by molar-refractivity contribution is 6.21. The maximum Gasteiger partial charge on any atom is 0.261 e. The van der Waals surface area contributed by atoms with Crippen LogP contribution in [0.2, 0.25) is 0 Å². The second-order valence-electron chi connectivity index (χ2n) is 7.02. The van der Waals surface area contributed by atoms with Crippen LogP contribution in [0.15, 0.2) is 24.3 Å². The van der Waals surface area contributed by atoms with E-state index in [-0.39, 0.29) is 17.4 Å². The number of imide groups is 1. The standard InChI is InChI=1S/C19H24N2O2/c1-14(8-7-12-19(2,3)20-4)11-13-21-17(22)15-9-5-6-10-16(15)18(21)23/h5-6,9-10,14H,7-8,11-13H2,1-3H3. The Hall–Kier alpha value is -2.15. The van der Waals surface area contributed by atoms with Gasteiger partial charge in [-0.15, -0.1) is 0 Å². The van der Waals surface area contributed by atoms with Crippen LogP contribution >= 0.6 is 0 Å². The van der Waals surface area contributed by atoms with Crippen molar-refractivity contribution >= 4 is 11.8 Å². The Bertz CT molecular complexity index is 608. The number of fused-ring (bicyclic) bond motifs is 1. The van der Waals surface area contributed by atoms with E-state index in [1.165, 1.54) is 4.90 Å². The van der Waals surface area contributed by atoms with Gasteiger partial charge in [0.25, 0.3) is 11.8 Å². The summed E-state index contributed by atoms with van der Waals surface area (Å²) in [4.78, 5) is 29.5. The van der Waals surface area contributed by atoms with Gasteiger partial charge in [0.05, 0.1) is 11.1 Å². The summed E-state index contributed by atoms with van der Waals surface area (Å²) in [5.41, 5.74) is 0.746. The summed E-state index contributed by atoms with van der Waals surface area (Å²) >= 11 is 0. The molecule has 2 rings (SSSR count). The van der Waals surface area contributed by atoms with Crippen molar-refractivity contribution in [2.75, 3.05) is 6.54 Å². The Kier molecular flexibility index (Phi) is 5.20. The molecule has 1 unspecified atom stereocenters. The maximum atomic E-state index is 12.3. The van der Waals surface area contributed by atoms with Gasteiger partial charge in [-0.2, -0.15) is 0 Å². The lowest BCUT2D eigenvalue weighted by Crippen LogP contribution is -2.31. The topological polar surface area (TPSA) is 41.7 Å². The smallest absolute Gasteiger partial charge is 0.261 e. The zero-order chi connectivity index (χ0) is 17.0. The van der Waals surface area contributed by atoms with E-state index < -0.39 is 0 Å². The van der Waals surface area contributed by atoms with E-state index in [2.05, 4.69) is 11.8 Å². The average molecular weight is 312 g/mol. The first-order valence-corrected chi connectivity index (χ1v) is 8.19. The lowest BCUT2D eigenvalue weighted by atomic mass is 9.93. The second-order valence-corrected chi connectivity index (χ2v) is 7.02. The number of hydrogen-bond acceptors (Lipinski definition) is 2. The van der Waals surface area contributed by atoms with E-state index in [1.54, 1.807) is 24.3 Å². The Labute approximate surface area is 138 Å². The van der Waals surface area contributed by atoms with Crippen molar-refractivity contribution in [1.82, 2.24) is 4.90 Å². The number of hydrogen-bond donors (Lipinski definition) is 0. The third-order valence-electron chi connectivity index (χ3n) is 4.51. The largest absolute Gasteiger partial charge is 0.311 e. The number of carbonyl (C=O) groups excluding carboxylic acids is 2. The van der Waals surface area contributed by atoms with Crippen molar-refractivity contribution in [3.05, 3.63) is 46.8 Å². The minimum absolute atomic E-state index is 0.174. The predicted molar refractivity (Wildman–Crippen MR) is 90.1 cm³/mol. The molecule has 0 saturated heterocycles. The zero-order valence-corrected chi connectivity index (χ0v) is 14.1. The van der Waals surface area contributed by atoms with Crippen molar-refractivity contribution < 1.29 is 9.59 Å². The van der Waals surface area contributed by atoms with Crippen LogP contribution in [0.3, 0.4) is 0 Å². The molecule has 1 atom stereocenters. The third kappa shape index (κ3) is 3.98. The molecule has 0 spiro atoms. The Morgan fingerprint density at radius 2 is 1.70 bits per heavy atom. The molecule has 1 heterocycles. The Morgan fingerprint density at radius 3 is 2.22 bits per heavy atom. The summed E-state index contributed by atoms with van der Waals surface area (Å²) in [7, 11) is 0. The molecule has 0 fully saturated rings. The minimum Gasteiger partial charge on any atom is -0.311 e. The monoisotopic (exact) mass is 312 g/mol. The first-order valence-electron chi connectivity index (χ1n) is 8.19. The highest BCUT2D eigenvalue weighted by Crippen LogP contribution is 2.25. The highest BCUT2D eigenvalue weighted by atomic mass is 16.2. The number of amides is 2. The Balaban J connectivity index is 1.82. The minimum atomic E-state index is -0.289. The molecule has 0 aliphatic carbocycles. The van der Waals surface area contributed by atoms with Gasteiger partial charge in [0.1, 0.15) is 0 Å². The highest BCUT2D eigenvalue weighted by Gasteiger charge is 2.34. The molecule has 0 saturated carbocycles. The van der Waals surface area contributed by atoms with E-state index >= 15 is 0 Å². The van der Waals surface area contributed by atoms with Crippen LogP contribution in [0, 0.1) is 12.5 Å². The maximum absolute atomic E-state index is 12.3. The lowest BCUT2D eigenvalue weighted by Gasteiger charge is -2.18. The summed E-state index contributed by atoms with van der Waals surface area (Å²) < 4.78 is 0. The fraction of sp³-hybridized carbons (Fsp3) is 0.526. The van der Waals surface area contributed by atoms with E-state index in [0.717, 1.165) is 25.7 Å². The van der Waals surface area contributed by atoms with Crippen molar-refractivity contribution in [1.29, 1.82) is 0 Å². The van der Waals surface area contributed by atoms with E-state index in [9.17, 15) is 9.59 Å². The fourth-order valence-electron chi connectivity index (χ4n) is 2.88. The van der Waals surface area contributed by atoms with Crippen LogP contribution in [0.1, 0.15) is 67.2 Å². The molecule has 0 bridgehead atoms. The molecule has 2 amide bonds. The van der Waals surface area contributed by atoms with Crippen LogP contribution in [0.4, 0.5) is 0 Å². The van der Waals surface area contributed by atoms with Gasteiger partial charge in [0.15, 0.2) is 0 Å². The van der Waals surface area contributed by atoms with Crippen LogP contribution in [0.5, 0.6) is 0 Å². The van der Waals surface area contributed by atoms with Crippen molar-refractivity contribution in [3.8, 4) is 0 Å². The third-order valence-corrected chi connectivity index (χ3v) is 4.51. The van der Waals surface area contributed by atoms with Crippen molar-refractivity contribution in [3.63, 3.8) is 0 Å². The van der Waals surface area contributed by atoms with Gasteiger partial charge in [-0.25, -0.2) is 6.57 Å². The molecular weight excluding hydrogens is 288 g/mol. The quantitative estimate of drug-likeness (QED) is 0.560. The Morgan fingerprint density at radius 1 is 1.13 bits per heavy atom. The fourth-order valence-corrected chi connectivity index (χ4v) is 2.88. The molecule has 1 aliphatic heterocycles. The summed E-state index contributed by atoms with van der Waals surface area (Å²) in [6, 6.07) is 7.00. The number of benzene rings is 1. The first kappa shape index (κ1) is 17.2. The van der Waals surface area contributed by atoms with Gasteiger partial charge in [-0.1, -0.05) is 25.5 Å². The first-order chi connectivity index (χ1) is 10.9. The molecule has 4 heteroatoms. The summed E-state index contributed by atoms with van der Waals surface area (Å²) in [5, 5.41) is 0. The molecule has 1 aliphatic rings. The predicted octanol–water partition coefficient (Wildman–Crippen LogP) is 4.18. The van der Waals surface area contributed by atoms with Crippen LogP contribution in [-0.4, -0.2) is 28.8 Å². The summed E-state index contributed by atoms with van der Waals surface area (Å²) in [6.45, 7) is 13.7. The van der Waals surface area contributed by atoms with Gasteiger partial charge in [-0.3, -0.25) is 14.5 Å². The molecule has 4 nitrogen and oxygen atoms in total. The molecule has 1 aromatic rings. The summed E-state index contributed by atoms with van der Waals surface area (Å²) in [5.74, 6) is 0.0831. The van der Waals surface area contributed by atoms with Crippen LogP contribution < -0.4 is 0 Å². The average Bonchev–Trinajstić information content (AvgIpc) is 2.77.